The van der Waals surface area contributed by atoms with E-state index in [0.29, 0.717) is 12.8 Å². The van der Waals surface area contributed by atoms with Crippen molar-refractivity contribution in [2.24, 2.45) is 0 Å². The first-order valence-corrected chi connectivity index (χ1v) is 23.2. The molecule has 0 saturated carbocycles. The van der Waals surface area contributed by atoms with E-state index in [2.05, 4.69) is 57.2 Å². The Bertz CT molecular complexity index is 1300. The Hall–Kier alpha value is -4.19. The smallest absolute Gasteiger partial charge is 0.306 e. The molecule has 0 aromatic rings. The zero-order valence-corrected chi connectivity index (χ0v) is 37.5. The predicted octanol–water partition coefficient (Wildman–Crippen LogP) is 15.0. The first-order chi connectivity index (χ1) is 29.0. The number of rotatable bonds is 39. The Kier molecular flexibility index (Phi) is 43.2. The van der Waals surface area contributed by atoms with E-state index in [1.165, 1.54) is 38.5 Å². The lowest BCUT2D eigenvalue weighted by molar-refractivity contribution is -0.167. The molecule has 1 unspecified atom stereocenters. The Morgan fingerprint density at radius 1 is 0.356 bits per heavy atom. The van der Waals surface area contributed by atoms with E-state index < -0.39 is 6.10 Å². The number of hydrogen-bond acceptors (Lipinski definition) is 6. The molecule has 0 aliphatic rings. The maximum atomic E-state index is 12.7. The molecule has 6 nitrogen and oxygen atoms in total. The van der Waals surface area contributed by atoms with E-state index in [1.807, 2.05) is 85.1 Å². The monoisotopic (exact) mass is 815 g/mol. The lowest BCUT2D eigenvalue weighted by atomic mass is 10.1. The van der Waals surface area contributed by atoms with Gasteiger partial charge in [0.25, 0.3) is 0 Å². The van der Waals surface area contributed by atoms with Crippen LogP contribution in [0.4, 0.5) is 0 Å². The normalized spacial score (nSPS) is 13.2. The molecule has 0 rings (SSSR count). The number of ether oxygens (including phenoxy) is 3. The van der Waals surface area contributed by atoms with Crippen LogP contribution in [0, 0.1) is 0 Å². The number of carbonyl (C=O) groups is 3. The molecule has 6 heteroatoms. The number of esters is 3. The highest BCUT2D eigenvalue weighted by Gasteiger charge is 2.19. The second-order valence-corrected chi connectivity index (χ2v) is 14.8. The van der Waals surface area contributed by atoms with Crippen LogP contribution in [-0.4, -0.2) is 37.2 Å². The molecule has 0 aromatic heterocycles. The molecule has 0 aliphatic heterocycles. The minimum absolute atomic E-state index is 0.105. The van der Waals surface area contributed by atoms with Gasteiger partial charge in [-0.3, -0.25) is 14.4 Å². The molecule has 330 valence electrons. The SMILES string of the molecule is CC\C=C/C=C\C=C/C=C\C=C\C=C/CCCCCC(=O)OCC(COC(=O)CCCCCCCCCCC)OC(=O)CCCCCCC\C=C/C=C\C=C/C=C\CC. The summed E-state index contributed by atoms with van der Waals surface area (Å²) in [4.78, 5) is 37.8. The van der Waals surface area contributed by atoms with Gasteiger partial charge in [-0.15, -0.1) is 0 Å². The average Bonchev–Trinajstić information content (AvgIpc) is 3.23. The Morgan fingerprint density at radius 3 is 1.05 bits per heavy atom. The Morgan fingerprint density at radius 2 is 0.661 bits per heavy atom. The lowest BCUT2D eigenvalue weighted by Crippen LogP contribution is -2.30. The molecule has 0 saturated heterocycles. The van der Waals surface area contributed by atoms with Gasteiger partial charge in [-0.05, 0) is 57.8 Å². The van der Waals surface area contributed by atoms with Crippen molar-refractivity contribution in [3.63, 3.8) is 0 Å². The lowest BCUT2D eigenvalue weighted by Gasteiger charge is -2.18. The fourth-order valence-electron chi connectivity index (χ4n) is 5.78. The van der Waals surface area contributed by atoms with Gasteiger partial charge in [-0.1, -0.05) is 219 Å². The van der Waals surface area contributed by atoms with E-state index in [0.717, 1.165) is 96.3 Å². The molecule has 0 bridgehead atoms. The zero-order chi connectivity index (χ0) is 43.0. The second kappa shape index (κ2) is 46.5. The molecule has 0 amide bonds. The van der Waals surface area contributed by atoms with Crippen molar-refractivity contribution in [2.75, 3.05) is 13.2 Å². The minimum Gasteiger partial charge on any atom is -0.462 e. The highest BCUT2D eigenvalue weighted by Crippen LogP contribution is 2.13. The van der Waals surface area contributed by atoms with Crippen LogP contribution in [-0.2, 0) is 28.6 Å². The highest BCUT2D eigenvalue weighted by atomic mass is 16.6. The van der Waals surface area contributed by atoms with Crippen molar-refractivity contribution < 1.29 is 28.6 Å². The average molecular weight is 815 g/mol. The van der Waals surface area contributed by atoms with Gasteiger partial charge in [0.1, 0.15) is 13.2 Å². The van der Waals surface area contributed by atoms with E-state index in [1.54, 1.807) is 0 Å². The quantitative estimate of drug-likeness (QED) is 0.0266. The Balaban J connectivity index is 4.53. The number of allylic oxidation sites excluding steroid dienone is 20. The fourth-order valence-corrected chi connectivity index (χ4v) is 5.78. The van der Waals surface area contributed by atoms with Crippen LogP contribution in [0.2, 0.25) is 0 Å². The summed E-state index contributed by atoms with van der Waals surface area (Å²) in [7, 11) is 0. The molecule has 0 aliphatic carbocycles. The molecule has 0 radical (unpaired) electrons. The molecular weight excluding hydrogens is 733 g/mol. The van der Waals surface area contributed by atoms with Crippen LogP contribution in [0.3, 0.4) is 0 Å². The van der Waals surface area contributed by atoms with Crippen LogP contribution < -0.4 is 0 Å². The van der Waals surface area contributed by atoms with Crippen molar-refractivity contribution in [1.82, 2.24) is 0 Å². The van der Waals surface area contributed by atoms with E-state index in [-0.39, 0.29) is 37.5 Å². The van der Waals surface area contributed by atoms with E-state index in [4.69, 9.17) is 14.2 Å². The van der Waals surface area contributed by atoms with Crippen LogP contribution in [0.5, 0.6) is 0 Å². The fraction of sp³-hybridized carbons (Fsp3) is 0.566. The number of hydrogen-bond donors (Lipinski definition) is 0. The van der Waals surface area contributed by atoms with Crippen molar-refractivity contribution in [3.05, 3.63) is 122 Å². The second-order valence-electron chi connectivity index (χ2n) is 14.8. The predicted molar refractivity (Wildman–Crippen MR) is 251 cm³/mol. The molecule has 0 heterocycles. The van der Waals surface area contributed by atoms with Crippen LogP contribution in [0.25, 0.3) is 0 Å². The minimum atomic E-state index is -0.809. The van der Waals surface area contributed by atoms with Crippen LogP contribution in [0.1, 0.15) is 175 Å². The molecule has 0 fully saturated rings. The van der Waals surface area contributed by atoms with Gasteiger partial charge in [-0.2, -0.15) is 0 Å². The van der Waals surface area contributed by atoms with Crippen molar-refractivity contribution >= 4 is 17.9 Å². The maximum absolute atomic E-state index is 12.7. The van der Waals surface area contributed by atoms with E-state index >= 15 is 0 Å². The summed E-state index contributed by atoms with van der Waals surface area (Å²) in [5.41, 5.74) is 0. The van der Waals surface area contributed by atoms with Crippen molar-refractivity contribution in [1.29, 1.82) is 0 Å². The largest absolute Gasteiger partial charge is 0.462 e. The van der Waals surface area contributed by atoms with Crippen LogP contribution in [0.15, 0.2) is 122 Å². The molecule has 0 N–H and O–H groups in total. The highest BCUT2D eigenvalue weighted by molar-refractivity contribution is 5.71. The summed E-state index contributed by atoms with van der Waals surface area (Å²) in [5.74, 6) is -0.990. The number of unbranched alkanes of at least 4 members (excludes halogenated alkanes) is 16. The van der Waals surface area contributed by atoms with Gasteiger partial charge in [0, 0.05) is 19.3 Å². The summed E-state index contributed by atoms with van der Waals surface area (Å²) in [6.07, 6.45) is 63.2. The summed E-state index contributed by atoms with van der Waals surface area (Å²) in [6.45, 7) is 6.24. The number of carbonyl (C=O) groups excluding carboxylic acids is 3. The summed E-state index contributed by atoms with van der Waals surface area (Å²) in [5, 5.41) is 0. The van der Waals surface area contributed by atoms with E-state index in [9.17, 15) is 14.4 Å². The van der Waals surface area contributed by atoms with Crippen molar-refractivity contribution in [3.8, 4) is 0 Å². The Labute approximate surface area is 361 Å². The molecule has 0 aromatic carbocycles. The summed E-state index contributed by atoms with van der Waals surface area (Å²) in [6, 6.07) is 0. The van der Waals surface area contributed by atoms with Gasteiger partial charge in [0.15, 0.2) is 6.10 Å². The molecule has 1 atom stereocenters. The molecular formula is C53H82O6. The van der Waals surface area contributed by atoms with Gasteiger partial charge in [0.2, 0.25) is 0 Å². The van der Waals surface area contributed by atoms with Gasteiger partial charge in [0.05, 0.1) is 0 Å². The topological polar surface area (TPSA) is 78.9 Å². The third-order valence-electron chi connectivity index (χ3n) is 9.22. The van der Waals surface area contributed by atoms with Crippen molar-refractivity contribution in [2.45, 2.75) is 181 Å². The van der Waals surface area contributed by atoms with Crippen LogP contribution >= 0.6 is 0 Å². The van der Waals surface area contributed by atoms with Gasteiger partial charge in [-0.25, -0.2) is 0 Å². The third kappa shape index (κ3) is 44.8. The first-order valence-electron chi connectivity index (χ1n) is 23.2. The maximum Gasteiger partial charge on any atom is 0.306 e. The standard InChI is InChI=1S/C53H82O6/c1-4-7-10-13-16-19-21-23-25-26-28-29-31-34-37-40-43-46-52(55)58-49-50(48-57-51(54)45-42-39-36-33-18-15-12-9-6-3)59-53(56)47-44-41-38-35-32-30-27-24-22-20-17-14-11-8-5-2/h7-8,10-11,13-14,16-17,19-29,31,50H,4-6,9,12,15,18,30,32-49H2,1-3H3/b10-7-,11-8-,16-13-,17-14-,21-19-,22-20-,25-23-,27-24-,28-26+,31-29-. The summed E-state index contributed by atoms with van der Waals surface area (Å²) >= 11 is 0. The molecule has 0 spiro atoms. The summed E-state index contributed by atoms with van der Waals surface area (Å²) < 4.78 is 16.7. The third-order valence-corrected chi connectivity index (χ3v) is 9.22. The van der Waals surface area contributed by atoms with Gasteiger partial charge < -0.3 is 14.2 Å². The first kappa shape index (κ1) is 54.8. The molecule has 59 heavy (non-hydrogen) atoms. The van der Waals surface area contributed by atoms with Gasteiger partial charge >= 0.3 is 17.9 Å². The zero-order valence-electron chi connectivity index (χ0n) is 37.5.